The fraction of sp³-hybridized carbons (Fsp3) is 0.611. The second kappa shape index (κ2) is 6.89. The Balaban J connectivity index is 1.54. The number of carbonyl (C=O) groups is 1. The maximum atomic E-state index is 12.5. The normalized spacial score (nSPS) is 30.6. The largest absolute Gasteiger partial charge is 0.493 e. The molecule has 3 atom stereocenters. The van der Waals surface area contributed by atoms with E-state index in [1.165, 1.54) is 0 Å². The maximum absolute atomic E-state index is 12.5. The minimum atomic E-state index is -0.340. The van der Waals surface area contributed by atoms with Crippen molar-refractivity contribution in [2.45, 2.75) is 44.5 Å². The third-order valence-electron chi connectivity index (χ3n) is 4.69. The number of para-hydroxylation sites is 1. The van der Waals surface area contributed by atoms with E-state index in [2.05, 4.69) is 0 Å². The van der Waals surface area contributed by atoms with Gasteiger partial charge in [-0.15, -0.1) is 0 Å². The first kappa shape index (κ1) is 16.3. The Morgan fingerprint density at radius 1 is 1.35 bits per heavy atom. The van der Waals surface area contributed by atoms with E-state index in [9.17, 15) is 4.79 Å². The highest BCUT2D eigenvalue weighted by Gasteiger charge is 2.48. The highest BCUT2D eigenvalue weighted by Crippen LogP contribution is 2.35. The molecule has 2 aliphatic heterocycles. The Morgan fingerprint density at radius 3 is 2.83 bits per heavy atom. The molecule has 1 spiro atoms. The highest BCUT2D eigenvalue weighted by atomic mass is 16.6. The van der Waals surface area contributed by atoms with E-state index in [0.717, 1.165) is 12.2 Å². The molecular weight excluding hydrogens is 294 g/mol. The first-order valence-electron chi connectivity index (χ1n) is 8.34. The Labute approximate surface area is 137 Å². The third kappa shape index (κ3) is 3.67. The minimum absolute atomic E-state index is 0.0288. The van der Waals surface area contributed by atoms with Crippen molar-refractivity contribution in [3.8, 4) is 5.75 Å². The number of morpholine rings is 1. The predicted octanol–water partition coefficient (Wildman–Crippen LogP) is 2.25. The molecule has 1 amide bonds. The molecule has 0 unspecified atom stereocenters. The van der Waals surface area contributed by atoms with Gasteiger partial charge in [-0.25, -0.2) is 0 Å². The average molecular weight is 319 g/mol. The van der Waals surface area contributed by atoms with Gasteiger partial charge in [-0.3, -0.25) is 4.79 Å². The molecule has 0 N–H and O–H groups in total. The van der Waals surface area contributed by atoms with Crippen LogP contribution in [0.15, 0.2) is 30.3 Å². The lowest BCUT2D eigenvalue weighted by atomic mass is 9.93. The molecular formula is C18H25NO4. The van der Waals surface area contributed by atoms with Gasteiger partial charge >= 0.3 is 0 Å². The van der Waals surface area contributed by atoms with Crippen LogP contribution >= 0.6 is 0 Å². The van der Waals surface area contributed by atoms with Crippen molar-refractivity contribution in [1.82, 2.24) is 4.90 Å². The SMILES string of the molecule is C[C@@H]1CN(C(=O)CCOc2ccccc2)C[C@]2(CCO[C@H]2C)O1. The van der Waals surface area contributed by atoms with Crippen molar-refractivity contribution in [1.29, 1.82) is 0 Å². The topological polar surface area (TPSA) is 48.0 Å². The van der Waals surface area contributed by atoms with Crippen LogP contribution in [0.25, 0.3) is 0 Å². The van der Waals surface area contributed by atoms with E-state index in [1.807, 2.05) is 49.1 Å². The van der Waals surface area contributed by atoms with E-state index in [4.69, 9.17) is 14.2 Å². The molecule has 3 rings (SSSR count). The number of carbonyl (C=O) groups excluding carboxylic acids is 1. The van der Waals surface area contributed by atoms with Gasteiger partial charge in [-0.2, -0.15) is 0 Å². The molecule has 2 saturated heterocycles. The molecule has 0 radical (unpaired) electrons. The van der Waals surface area contributed by atoms with Crippen LogP contribution in [0.3, 0.4) is 0 Å². The van der Waals surface area contributed by atoms with Crippen LogP contribution in [0.4, 0.5) is 0 Å². The molecule has 1 aromatic carbocycles. The molecule has 0 bridgehead atoms. The summed E-state index contributed by atoms with van der Waals surface area (Å²) < 4.78 is 17.5. The van der Waals surface area contributed by atoms with Crippen LogP contribution in [0.5, 0.6) is 5.75 Å². The van der Waals surface area contributed by atoms with Crippen LogP contribution in [-0.2, 0) is 14.3 Å². The summed E-state index contributed by atoms with van der Waals surface area (Å²) in [6.07, 6.45) is 1.29. The van der Waals surface area contributed by atoms with Gasteiger partial charge in [0.15, 0.2) is 0 Å². The monoisotopic (exact) mass is 319 g/mol. The van der Waals surface area contributed by atoms with E-state index < -0.39 is 0 Å². The lowest BCUT2D eigenvalue weighted by Crippen LogP contribution is -2.59. The molecule has 0 aliphatic carbocycles. The number of ether oxygens (including phenoxy) is 3. The zero-order valence-electron chi connectivity index (χ0n) is 13.9. The van der Waals surface area contributed by atoms with Crippen LogP contribution in [-0.4, -0.2) is 54.9 Å². The number of nitrogens with zero attached hydrogens (tertiary/aromatic N) is 1. The van der Waals surface area contributed by atoms with Gasteiger partial charge in [-0.1, -0.05) is 18.2 Å². The zero-order valence-corrected chi connectivity index (χ0v) is 13.9. The van der Waals surface area contributed by atoms with Gasteiger partial charge in [0.1, 0.15) is 11.4 Å². The number of hydrogen-bond acceptors (Lipinski definition) is 4. The van der Waals surface area contributed by atoms with Gasteiger partial charge in [0.2, 0.25) is 5.91 Å². The Hall–Kier alpha value is -1.59. The molecule has 0 saturated carbocycles. The molecule has 5 nitrogen and oxygen atoms in total. The smallest absolute Gasteiger partial charge is 0.226 e. The third-order valence-corrected chi connectivity index (χ3v) is 4.69. The lowest BCUT2D eigenvalue weighted by Gasteiger charge is -2.45. The van der Waals surface area contributed by atoms with E-state index in [0.29, 0.717) is 32.7 Å². The van der Waals surface area contributed by atoms with Crippen LogP contribution < -0.4 is 4.74 Å². The van der Waals surface area contributed by atoms with Gasteiger partial charge in [-0.05, 0) is 26.0 Å². The van der Waals surface area contributed by atoms with Crippen molar-refractivity contribution < 1.29 is 19.0 Å². The molecule has 1 aromatic rings. The average Bonchev–Trinajstić information content (AvgIpc) is 2.87. The lowest BCUT2D eigenvalue weighted by molar-refractivity contribution is -0.179. The Morgan fingerprint density at radius 2 is 2.13 bits per heavy atom. The maximum Gasteiger partial charge on any atom is 0.226 e. The second-order valence-electron chi connectivity index (χ2n) is 6.44. The minimum Gasteiger partial charge on any atom is -0.493 e. The molecule has 2 fully saturated rings. The van der Waals surface area contributed by atoms with Crippen LogP contribution in [0.2, 0.25) is 0 Å². The van der Waals surface area contributed by atoms with Crippen molar-refractivity contribution >= 4 is 5.91 Å². The summed E-state index contributed by atoms with van der Waals surface area (Å²) in [6, 6.07) is 9.58. The number of hydrogen-bond donors (Lipinski definition) is 0. The van der Waals surface area contributed by atoms with Crippen molar-refractivity contribution in [2.24, 2.45) is 0 Å². The summed E-state index contributed by atoms with van der Waals surface area (Å²) in [6.45, 7) is 6.40. The second-order valence-corrected chi connectivity index (χ2v) is 6.44. The first-order chi connectivity index (χ1) is 11.1. The summed E-state index contributed by atoms with van der Waals surface area (Å²) >= 11 is 0. The van der Waals surface area contributed by atoms with Crippen molar-refractivity contribution in [3.05, 3.63) is 30.3 Å². The first-order valence-corrected chi connectivity index (χ1v) is 8.34. The van der Waals surface area contributed by atoms with Crippen LogP contribution in [0.1, 0.15) is 26.7 Å². The fourth-order valence-corrected chi connectivity index (χ4v) is 3.42. The van der Waals surface area contributed by atoms with Crippen molar-refractivity contribution in [2.75, 3.05) is 26.3 Å². The number of rotatable bonds is 4. The summed E-state index contributed by atoms with van der Waals surface area (Å²) in [7, 11) is 0. The van der Waals surface area contributed by atoms with E-state index in [1.54, 1.807) is 0 Å². The molecule has 126 valence electrons. The molecule has 2 heterocycles. The summed E-state index contributed by atoms with van der Waals surface area (Å²) in [4.78, 5) is 14.4. The number of amides is 1. The standard InChI is InChI=1S/C18H25NO4/c1-14-12-19(13-18(23-14)9-11-21-15(18)2)17(20)8-10-22-16-6-4-3-5-7-16/h3-7,14-15H,8-13H2,1-2H3/t14-,15+,18+/m1/s1. The van der Waals surface area contributed by atoms with Gasteiger partial charge in [0.25, 0.3) is 0 Å². The predicted molar refractivity (Wildman–Crippen MR) is 86.4 cm³/mol. The summed E-state index contributed by atoms with van der Waals surface area (Å²) in [5.74, 6) is 0.916. The zero-order chi connectivity index (χ0) is 16.3. The quantitative estimate of drug-likeness (QED) is 0.854. The summed E-state index contributed by atoms with van der Waals surface area (Å²) in [5.41, 5.74) is -0.340. The number of benzene rings is 1. The molecule has 23 heavy (non-hydrogen) atoms. The highest BCUT2D eigenvalue weighted by molar-refractivity contribution is 5.76. The molecule has 0 aromatic heterocycles. The molecule has 2 aliphatic rings. The van der Waals surface area contributed by atoms with Crippen molar-refractivity contribution in [3.63, 3.8) is 0 Å². The van der Waals surface area contributed by atoms with Gasteiger partial charge < -0.3 is 19.1 Å². The molecule has 5 heteroatoms. The van der Waals surface area contributed by atoms with Gasteiger partial charge in [0, 0.05) is 19.6 Å². The van der Waals surface area contributed by atoms with Gasteiger partial charge in [0.05, 0.1) is 31.8 Å². The van der Waals surface area contributed by atoms with E-state index >= 15 is 0 Å². The summed E-state index contributed by atoms with van der Waals surface area (Å²) in [5, 5.41) is 0. The van der Waals surface area contributed by atoms with E-state index in [-0.39, 0.29) is 23.7 Å². The fourth-order valence-electron chi connectivity index (χ4n) is 3.42. The Bertz CT molecular complexity index is 535. The Kier molecular flexibility index (Phi) is 4.87. The van der Waals surface area contributed by atoms with Crippen LogP contribution in [0, 0.1) is 0 Å².